The molecule has 2 aromatic rings. The second-order valence-electron chi connectivity index (χ2n) is 4.37. The van der Waals surface area contributed by atoms with Crippen LogP contribution in [0.2, 0.25) is 5.02 Å². The minimum Gasteiger partial charge on any atom is -0.204 e. The third-order valence-electron chi connectivity index (χ3n) is 3.05. The average Bonchev–Trinajstić information content (AvgIpc) is 2.37. The van der Waals surface area contributed by atoms with E-state index in [1.165, 1.54) is 6.07 Å². The van der Waals surface area contributed by atoms with Crippen LogP contribution >= 0.6 is 27.5 Å². The summed E-state index contributed by atoms with van der Waals surface area (Å²) in [6, 6.07) is 9.65. The van der Waals surface area contributed by atoms with Crippen molar-refractivity contribution in [3.63, 3.8) is 0 Å². The van der Waals surface area contributed by atoms with Crippen LogP contribution in [-0.2, 0) is 6.42 Å². The van der Waals surface area contributed by atoms with Gasteiger partial charge in [0, 0.05) is 9.85 Å². The van der Waals surface area contributed by atoms with Crippen molar-refractivity contribution in [2.75, 3.05) is 0 Å². The van der Waals surface area contributed by atoms with Crippen LogP contribution in [0.25, 0.3) is 0 Å². The van der Waals surface area contributed by atoms with Crippen molar-refractivity contribution in [3.8, 4) is 0 Å². The van der Waals surface area contributed by atoms with Gasteiger partial charge in [-0.25, -0.2) is 8.78 Å². The molecule has 0 aliphatic rings. The van der Waals surface area contributed by atoms with Crippen molar-refractivity contribution in [3.05, 3.63) is 69.7 Å². The van der Waals surface area contributed by atoms with E-state index in [1.54, 1.807) is 6.07 Å². The van der Waals surface area contributed by atoms with Gasteiger partial charge >= 0.3 is 0 Å². The van der Waals surface area contributed by atoms with Gasteiger partial charge in [-0.05, 0) is 48.2 Å². The van der Waals surface area contributed by atoms with E-state index in [9.17, 15) is 8.78 Å². The topological polar surface area (TPSA) is 0 Å². The predicted molar refractivity (Wildman–Crippen MR) is 77.9 cm³/mol. The molecule has 2 aromatic carbocycles. The lowest BCUT2D eigenvalue weighted by atomic mass is 10.0. The van der Waals surface area contributed by atoms with Crippen molar-refractivity contribution in [1.82, 2.24) is 0 Å². The summed E-state index contributed by atoms with van der Waals surface area (Å²) in [7, 11) is 0. The average molecular weight is 346 g/mol. The molecule has 19 heavy (non-hydrogen) atoms. The maximum Gasteiger partial charge on any atom is 0.159 e. The van der Waals surface area contributed by atoms with E-state index in [-0.39, 0.29) is 4.83 Å². The predicted octanol–water partition coefficient (Wildman–Crippen LogP) is 5.61. The van der Waals surface area contributed by atoms with Crippen LogP contribution < -0.4 is 0 Å². The second kappa shape index (κ2) is 6.02. The van der Waals surface area contributed by atoms with Gasteiger partial charge in [-0.1, -0.05) is 45.7 Å². The lowest BCUT2D eigenvalue weighted by molar-refractivity contribution is 0.507. The third kappa shape index (κ3) is 3.34. The van der Waals surface area contributed by atoms with Crippen LogP contribution in [0.1, 0.15) is 21.5 Å². The minimum absolute atomic E-state index is 0.0102. The number of hydrogen-bond donors (Lipinski definition) is 0. The Bertz CT molecular complexity index is 599. The van der Waals surface area contributed by atoms with E-state index >= 15 is 0 Å². The Morgan fingerprint density at radius 2 is 1.89 bits per heavy atom. The molecule has 0 fully saturated rings. The third-order valence-corrected chi connectivity index (χ3v) is 4.27. The molecule has 100 valence electrons. The number of halogens is 4. The fourth-order valence-electron chi connectivity index (χ4n) is 1.95. The molecule has 1 atom stereocenters. The van der Waals surface area contributed by atoms with Crippen LogP contribution in [0.4, 0.5) is 8.78 Å². The molecule has 0 nitrogen and oxygen atoms in total. The first-order valence-corrected chi connectivity index (χ1v) is 7.11. The largest absolute Gasteiger partial charge is 0.204 e. The molecule has 0 N–H and O–H groups in total. The highest BCUT2D eigenvalue weighted by molar-refractivity contribution is 9.09. The lowest BCUT2D eigenvalue weighted by Crippen LogP contribution is -1.99. The standard InChI is InChI=1S/C15H12BrClF2/c1-9-11(3-2-4-13(9)17)12(16)7-10-5-6-14(18)15(19)8-10/h2-6,8,12H,7H2,1H3. The summed E-state index contributed by atoms with van der Waals surface area (Å²) < 4.78 is 26.0. The molecule has 0 aliphatic heterocycles. The van der Waals surface area contributed by atoms with Gasteiger partial charge in [-0.2, -0.15) is 0 Å². The van der Waals surface area contributed by atoms with E-state index in [0.29, 0.717) is 11.4 Å². The van der Waals surface area contributed by atoms with Crippen LogP contribution in [0.15, 0.2) is 36.4 Å². The van der Waals surface area contributed by atoms with Crippen molar-refractivity contribution < 1.29 is 8.78 Å². The first-order valence-electron chi connectivity index (χ1n) is 5.82. The van der Waals surface area contributed by atoms with Crippen molar-refractivity contribution >= 4 is 27.5 Å². The van der Waals surface area contributed by atoms with E-state index in [0.717, 1.165) is 22.8 Å². The summed E-state index contributed by atoms with van der Waals surface area (Å²) >= 11 is 9.65. The fourth-order valence-corrected chi connectivity index (χ4v) is 3.00. The number of alkyl halides is 1. The minimum atomic E-state index is -0.825. The molecular formula is C15H12BrClF2. The number of benzene rings is 2. The molecule has 1 unspecified atom stereocenters. The summed E-state index contributed by atoms with van der Waals surface area (Å²) in [6.07, 6.45) is 0.568. The molecule has 0 saturated heterocycles. The SMILES string of the molecule is Cc1c(Cl)cccc1C(Br)Cc1ccc(F)c(F)c1. The van der Waals surface area contributed by atoms with Crippen molar-refractivity contribution in [2.24, 2.45) is 0 Å². The Morgan fingerprint density at radius 1 is 1.16 bits per heavy atom. The molecule has 0 spiro atoms. The van der Waals surface area contributed by atoms with Crippen molar-refractivity contribution in [2.45, 2.75) is 18.2 Å². The molecule has 4 heteroatoms. The summed E-state index contributed by atoms with van der Waals surface area (Å²) in [6.45, 7) is 1.94. The molecule has 0 heterocycles. The molecule has 0 aliphatic carbocycles. The second-order valence-corrected chi connectivity index (χ2v) is 5.89. The molecule has 0 amide bonds. The molecule has 0 saturated carbocycles. The molecule has 0 bridgehead atoms. The molecule has 0 radical (unpaired) electrons. The van der Waals surface area contributed by atoms with E-state index in [1.807, 2.05) is 25.1 Å². The highest BCUT2D eigenvalue weighted by Gasteiger charge is 2.13. The zero-order valence-corrected chi connectivity index (χ0v) is 12.6. The smallest absolute Gasteiger partial charge is 0.159 e. The van der Waals surface area contributed by atoms with Gasteiger partial charge in [0.2, 0.25) is 0 Å². The molecule has 2 rings (SSSR count). The zero-order valence-electron chi connectivity index (χ0n) is 10.3. The highest BCUT2D eigenvalue weighted by atomic mass is 79.9. The quantitative estimate of drug-likeness (QED) is 0.635. The van der Waals surface area contributed by atoms with Crippen LogP contribution in [0, 0.1) is 18.6 Å². The first kappa shape index (κ1) is 14.5. The monoisotopic (exact) mass is 344 g/mol. The molecular weight excluding hydrogens is 334 g/mol. The van der Waals surface area contributed by atoms with E-state index in [4.69, 9.17) is 11.6 Å². The van der Waals surface area contributed by atoms with E-state index in [2.05, 4.69) is 15.9 Å². The maximum absolute atomic E-state index is 13.2. The van der Waals surface area contributed by atoms with Crippen LogP contribution in [0.5, 0.6) is 0 Å². The Balaban J connectivity index is 2.23. The summed E-state index contributed by atoms with van der Waals surface area (Å²) in [4.78, 5) is 0.0102. The maximum atomic E-state index is 13.2. The molecule has 0 aromatic heterocycles. The Morgan fingerprint density at radius 3 is 2.58 bits per heavy atom. The van der Waals surface area contributed by atoms with Gasteiger partial charge in [-0.15, -0.1) is 0 Å². The zero-order chi connectivity index (χ0) is 14.0. The Hall–Kier alpha value is -0.930. The normalized spacial score (nSPS) is 12.5. The first-order chi connectivity index (χ1) is 8.99. The summed E-state index contributed by atoms with van der Waals surface area (Å²) in [5, 5.41) is 0.701. The van der Waals surface area contributed by atoms with Gasteiger partial charge in [0.15, 0.2) is 11.6 Å². The van der Waals surface area contributed by atoms with Crippen molar-refractivity contribution in [1.29, 1.82) is 0 Å². The summed E-state index contributed by atoms with van der Waals surface area (Å²) in [5.74, 6) is -1.64. The van der Waals surface area contributed by atoms with Crippen LogP contribution in [0.3, 0.4) is 0 Å². The summed E-state index contributed by atoms with van der Waals surface area (Å²) in [5.41, 5.74) is 2.78. The van der Waals surface area contributed by atoms with Gasteiger partial charge in [0.1, 0.15) is 0 Å². The number of rotatable bonds is 3. The van der Waals surface area contributed by atoms with E-state index < -0.39 is 11.6 Å². The highest BCUT2D eigenvalue weighted by Crippen LogP contribution is 2.32. The van der Waals surface area contributed by atoms with Crippen LogP contribution in [-0.4, -0.2) is 0 Å². The van der Waals surface area contributed by atoms with Gasteiger partial charge in [0.05, 0.1) is 0 Å². The van der Waals surface area contributed by atoms with Gasteiger partial charge < -0.3 is 0 Å². The Labute approximate surface area is 124 Å². The lowest BCUT2D eigenvalue weighted by Gasteiger charge is -2.14. The number of hydrogen-bond acceptors (Lipinski definition) is 0. The Kier molecular flexibility index (Phi) is 4.58. The van der Waals surface area contributed by atoms with Gasteiger partial charge in [0.25, 0.3) is 0 Å². The fraction of sp³-hybridized carbons (Fsp3) is 0.200. The van der Waals surface area contributed by atoms with Gasteiger partial charge in [-0.3, -0.25) is 0 Å².